The van der Waals surface area contributed by atoms with Crippen molar-refractivity contribution in [1.82, 2.24) is 4.57 Å². The fourth-order valence-corrected chi connectivity index (χ4v) is 6.01. The number of rotatable bonds is 9. The van der Waals surface area contributed by atoms with Gasteiger partial charge in [-0.2, -0.15) is 0 Å². The molecule has 1 aliphatic rings. The van der Waals surface area contributed by atoms with Gasteiger partial charge in [-0.25, -0.2) is 9.79 Å². The summed E-state index contributed by atoms with van der Waals surface area (Å²) in [6, 6.07) is 16.7. The lowest BCUT2D eigenvalue weighted by Crippen LogP contribution is -2.39. The predicted octanol–water partition coefficient (Wildman–Crippen LogP) is 5.53. The average molecular weight is 629 g/mol. The van der Waals surface area contributed by atoms with Crippen molar-refractivity contribution in [3.8, 4) is 11.5 Å². The van der Waals surface area contributed by atoms with Gasteiger partial charge in [0.25, 0.3) is 11.2 Å². The summed E-state index contributed by atoms with van der Waals surface area (Å²) >= 11 is 1.13. The van der Waals surface area contributed by atoms with Crippen LogP contribution < -0.4 is 19.6 Å². The summed E-state index contributed by atoms with van der Waals surface area (Å²) in [7, 11) is 0. The van der Waals surface area contributed by atoms with Crippen LogP contribution in [0.2, 0.25) is 0 Å². The van der Waals surface area contributed by atoms with Crippen molar-refractivity contribution >= 4 is 34.8 Å². The monoisotopic (exact) mass is 628 g/mol. The van der Waals surface area contributed by atoms with Crippen molar-refractivity contribution in [2.75, 3.05) is 6.61 Å². The van der Waals surface area contributed by atoms with Crippen LogP contribution in [0.1, 0.15) is 56.3 Å². The molecule has 0 amide bonds. The second-order valence-electron chi connectivity index (χ2n) is 10.4. The van der Waals surface area contributed by atoms with Crippen molar-refractivity contribution in [2.24, 2.45) is 4.99 Å². The number of fused-ring (bicyclic) bond motifs is 1. The van der Waals surface area contributed by atoms with Crippen molar-refractivity contribution in [3.05, 3.63) is 135 Å². The molecule has 4 aromatic rings. The summed E-state index contributed by atoms with van der Waals surface area (Å²) in [6.45, 7) is 7.73. The van der Waals surface area contributed by atoms with E-state index in [1.165, 1.54) is 4.57 Å². The Labute approximate surface area is 260 Å². The standard InChI is InChI=1S/C32H28N4O8S/c1-5-43-31(38)28-19(4)33-32-34(29(28)21-12-10-20(11-13-21)18(2)3)30(37)27(45-32)16-22-8-6-7-9-25(22)44-26-15-14-23(35(39)40)17-24(26)36(41)42/h6-18,29H,5H2,1-4H3/b27-16-/t29-/m0/s1. The first-order valence-corrected chi connectivity index (χ1v) is 14.8. The fourth-order valence-electron chi connectivity index (χ4n) is 4.97. The van der Waals surface area contributed by atoms with Gasteiger partial charge in [0.1, 0.15) is 5.75 Å². The van der Waals surface area contributed by atoms with Gasteiger partial charge in [-0.05, 0) is 49.1 Å². The van der Waals surface area contributed by atoms with Crippen molar-refractivity contribution < 1.29 is 24.1 Å². The van der Waals surface area contributed by atoms with Gasteiger partial charge in [0.15, 0.2) is 4.80 Å². The van der Waals surface area contributed by atoms with E-state index in [4.69, 9.17) is 9.47 Å². The minimum Gasteiger partial charge on any atom is -0.463 e. The highest BCUT2D eigenvalue weighted by atomic mass is 32.1. The summed E-state index contributed by atoms with van der Waals surface area (Å²) in [5, 5.41) is 22.8. The average Bonchev–Trinajstić information content (AvgIpc) is 3.31. The lowest BCUT2D eigenvalue weighted by atomic mass is 9.93. The Morgan fingerprint density at radius 2 is 1.76 bits per heavy atom. The second kappa shape index (κ2) is 12.7. The number of para-hydroxylation sites is 1. The van der Waals surface area contributed by atoms with E-state index in [0.29, 0.717) is 16.1 Å². The molecule has 0 radical (unpaired) electrons. The van der Waals surface area contributed by atoms with E-state index >= 15 is 0 Å². The number of ether oxygens (including phenoxy) is 2. The lowest BCUT2D eigenvalue weighted by Gasteiger charge is -2.25. The number of nitrogens with zero attached hydrogens (tertiary/aromatic N) is 4. The normalized spacial score (nSPS) is 14.6. The first kappa shape index (κ1) is 31.0. The van der Waals surface area contributed by atoms with Gasteiger partial charge in [-0.15, -0.1) is 0 Å². The van der Waals surface area contributed by atoms with Crippen LogP contribution in [0, 0.1) is 20.2 Å². The summed E-state index contributed by atoms with van der Waals surface area (Å²) in [4.78, 5) is 53.5. The molecule has 0 saturated heterocycles. The molecule has 12 nitrogen and oxygen atoms in total. The highest BCUT2D eigenvalue weighted by molar-refractivity contribution is 7.07. The van der Waals surface area contributed by atoms with E-state index in [2.05, 4.69) is 18.8 Å². The number of hydrogen-bond acceptors (Lipinski definition) is 10. The van der Waals surface area contributed by atoms with E-state index < -0.39 is 38.8 Å². The molecule has 0 unspecified atom stereocenters. The molecule has 1 aromatic heterocycles. The van der Waals surface area contributed by atoms with Crippen molar-refractivity contribution in [1.29, 1.82) is 0 Å². The maximum absolute atomic E-state index is 14.0. The first-order valence-electron chi connectivity index (χ1n) is 14.0. The van der Waals surface area contributed by atoms with E-state index in [-0.39, 0.29) is 34.1 Å². The number of aromatic nitrogens is 1. The summed E-state index contributed by atoms with van der Waals surface area (Å²) in [6.07, 6.45) is 1.58. The van der Waals surface area contributed by atoms with E-state index in [9.17, 15) is 29.8 Å². The third-order valence-electron chi connectivity index (χ3n) is 7.21. The molecule has 1 atom stereocenters. The second-order valence-corrected chi connectivity index (χ2v) is 11.4. The molecule has 230 valence electrons. The van der Waals surface area contributed by atoms with Crippen LogP contribution in [0.5, 0.6) is 11.5 Å². The number of carbonyl (C=O) groups excluding carboxylic acids is 1. The molecule has 0 spiro atoms. The van der Waals surface area contributed by atoms with Crippen LogP contribution in [0.3, 0.4) is 0 Å². The third kappa shape index (κ3) is 6.15. The molecule has 2 heterocycles. The number of hydrogen-bond donors (Lipinski definition) is 0. The highest BCUT2D eigenvalue weighted by Crippen LogP contribution is 2.36. The quantitative estimate of drug-likeness (QED) is 0.133. The van der Waals surface area contributed by atoms with Crippen LogP contribution in [-0.4, -0.2) is 27.0 Å². The Kier molecular flexibility index (Phi) is 8.73. The van der Waals surface area contributed by atoms with Crippen LogP contribution >= 0.6 is 11.3 Å². The third-order valence-corrected chi connectivity index (χ3v) is 8.19. The first-order chi connectivity index (χ1) is 21.5. The predicted molar refractivity (Wildman–Crippen MR) is 167 cm³/mol. The van der Waals surface area contributed by atoms with Crippen LogP contribution in [0.15, 0.2) is 87.8 Å². The fraction of sp³-hybridized carbons (Fsp3) is 0.219. The summed E-state index contributed by atoms with van der Waals surface area (Å²) < 4.78 is 13.0. The van der Waals surface area contributed by atoms with Crippen molar-refractivity contribution in [3.63, 3.8) is 0 Å². The van der Waals surface area contributed by atoms with Gasteiger partial charge in [-0.1, -0.05) is 67.6 Å². The van der Waals surface area contributed by atoms with Crippen molar-refractivity contribution in [2.45, 2.75) is 39.7 Å². The molecular weight excluding hydrogens is 600 g/mol. The summed E-state index contributed by atoms with van der Waals surface area (Å²) in [5.41, 5.74) is 1.53. The lowest BCUT2D eigenvalue weighted by molar-refractivity contribution is -0.394. The molecule has 0 N–H and O–H groups in total. The number of thiazole rings is 1. The molecule has 0 bridgehead atoms. The Morgan fingerprint density at radius 1 is 1.04 bits per heavy atom. The highest BCUT2D eigenvalue weighted by Gasteiger charge is 2.33. The van der Waals surface area contributed by atoms with Crippen LogP contribution in [0.25, 0.3) is 6.08 Å². The Bertz CT molecular complexity index is 2040. The van der Waals surface area contributed by atoms with Gasteiger partial charge >= 0.3 is 11.7 Å². The molecule has 0 saturated carbocycles. The van der Waals surface area contributed by atoms with Gasteiger partial charge in [0, 0.05) is 11.6 Å². The van der Waals surface area contributed by atoms with E-state index in [0.717, 1.165) is 40.7 Å². The molecule has 13 heteroatoms. The molecule has 5 rings (SSSR count). The zero-order valence-electron chi connectivity index (χ0n) is 24.8. The summed E-state index contributed by atoms with van der Waals surface area (Å²) in [5.74, 6) is -0.288. The zero-order chi connectivity index (χ0) is 32.4. The Balaban J connectivity index is 1.64. The molecule has 1 aliphatic heterocycles. The maximum Gasteiger partial charge on any atom is 0.338 e. The minimum atomic E-state index is -0.780. The number of nitro groups is 2. The van der Waals surface area contributed by atoms with Gasteiger partial charge < -0.3 is 9.47 Å². The van der Waals surface area contributed by atoms with Crippen LogP contribution in [-0.2, 0) is 9.53 Å². The topological polar surface area (TPSA) is 156 Å². The Hall–Kier alpha value is -5.43. The van der Waals surface area contributed by atoms with Gasteiger partial charge in [-0.3, -0.25) is 29.6 Å². The number of non-ortho nitro benzene ring substituents is 1. The van der Waals surface area contributed by atoms with Gasteiger partial charge in [0.05, 0.1) is 44.4 Å². The largest absolute Gasteiger partial charge is 0.463 e. The maximum atomic E-state index is 14.0. The molecule has 0 aliphatic carbocycles. The number of allylic oxidation sites excluding steroid dienone is 1. The van der Waals surface area contributed by atoms with Gasteiger partial charge in [0.2, 0.25) is 5.75 Å². The smallest absolute Gasteiger partial charge is 0.338 e. The Morgan fingerprint density at radius 3 is 2.40 bits per heavy atom. The SMILES string of the molecule is CCOC(=O)C1=C(C)N=c2s/c(=C\c3ccccc3Oc3ccc([N+](=O)[O-])cc3[N+](=O)[O-])c(=O)n2[C@H]1c1ccc(C(C)C)cc1. The zero-order valence-corrected chi connectivity index (χ0v) is 25.6. The van der Waals surface area contributed by atoms with E-state index in [1.54, 1.807) is 44.2 Å². The molecule has 45 heavy (non-hydrogen) atoms. The van der Waals surface area contributed by atoms with Crippen LogP contribution in [0.4, 0.5) is 11.4 Å². The number of benzene rings is 3. The minimum absolute atomic E-state index is 0.156. The molecule has 0 fully saturated rings. The molecular formula is C32H28N4O8S. The molecule has 3 aromatic carbocycles. The van der Waals surface area contributed by atoms with E-state index in [1.807, 2.05) is 24.3 Å². The number of nitro benzene ring substituents is 2. The number of esters is 1. The number of carbonyl (C=O) groups is 1.